The van der Waals surface area contributed by atoms with Crippen molar-refractivity contribution in [2.45, 2.75) is 4.90 Å². The first-order valence-electron chi connectivity index (χ1n) is 5.75. The van der Waals surface area contributed by atoms with Crippen molar-refractivity contribution in [3.05, 3.63) is 45.9 Å². The van der Waals surface area contributed by atoms with Crippen LogP contribution in [0.25, 0.3) is 0 Å². The first-order chi connectivity index (χ1) is 9.83. The van der Waals surface area contributed by atoms with Gasteiger partial charge in [0.15, 0.2) is 0 Å². The molecule has 5 nitrogen and oxygen atoms in total. The summed E-state index contributed by atoms with van der Waals surface area (Å²) in [5.41, 5.74) is 6.47. The van der Waals surface area contributed by atoms with Crippen molar-refractivity contribution in [1.82, 2.24) is 0 Å². The second-order valence-corrected chi connectivity index (χ2v) is 7.08. The van der Waals surface area contributed by atoms with Crippen molar-refractivity contribution >= 4 is 48.9 Å². The fourth-order valence-electron chi connectivity index (χ4n) is 1.63. The predicted molar refractivity (Wildman–Crippen MR) is 87.4 cm³/mol. The lowest BCUT2D eigenvalue weighted by Crippen LogP contribution is -2.13. The highest BCUT2D eigenvalue weighted by atomic mass is 79.9. The highest BCUT2D eigenvalue weighted by Crippen LogP contribution is 2.29. The zero-order valence-electron chi connectivity index (χ0n) is 10.9. The largest absolute Gasteiger partial charge is 0.495 e. The van der Waals surface area contributed by atoms with Crippen molar-refractivity contribution in [2.75, 3.05) is 17.6 Å². The minimum Gasteiger partial charge on any atom is -0.495 e. The molecule has 0 spiro atoms. The van der Waals surface area contributed by atoms with Crippen molar-refractivity contribution in [2.24, 2.45) is 0 Å². The Balaban J connectivity index is 2.35. The minimum atomic E-state index is -3.73. The second kappa shape index (κ2) is 6.13. The molecule has 0 aromatic heterocycles. The third-order valence-corrected chi connectivity index (χ3v) is 5.28. The average molecular weight is 392 g/mol. The summed E-state index contributed by atoms with van der Waals surface area (Å²) in [6, 6.07) is 8.99. The maximum Gasteiger partial charge on any atom is 0.261 e. The van der Waals surface area contributed by atoms with Crippen molar-refractivity contribution in [3.8, 4) is 5.75 Å². The molecule has 0 unspecified atom stereocenters. The van der Waals surface area contributed by atoms with E-state index < -0.39 is 10.0 Å². The molecule has 0 bridgehead atoms. The number of anilines is 2. The molecule has 0 aliphatic rings. The average Bonchev–Trinajstić information content (AvgIpc) is 2.43. The van der Waals surface area contributed by atoms with Crippen LogP contribution in [-0.4, -0.2) is 15.5 Å². The Bertz CT molecular complexity index is 781. The Morgan fingerprint density at radius 1 is 1.24 bits per heavy atom. The Labute approximate surface area is 136 Å². The quantitative estimate of drug-likeness (QED) is 0.782. The smallest absolute Gasteiger partial charge is 0.261 e. The Hall–Kier alpha value is -1.44. The molecule has 2 aromatic carbocycles. The van der Waals surface area contributed by atoms with Crippen LogP contribution in [0.5, 0.6) is 5.75 Å². The van der Waals surface area contributed by atoms with E-state index in [9.17, 15) is 8.42 Å². The van der Waals surface area contributed by atoms with Crippen molar-refractivity contribution in [3.63, 3.8) is 0 Å². The standard InChI is InChI=1S/C13H12BrClN2O3S/c1-20-13-6-8(2-5-12(13)16)17-21(18,19)9-3-4-11(15)10(14)7-9/h2-7,17H,16H2,1H3. The third kappa shape index (κ3) is 3.61. The number of rotatable bonds is 4. The maximum absolute atomic E-state index is 12.3. The number of nitrogen functional groups attached to an aromatic ring is 1. The molecule has 0 radical (unpaired) electrons. The van der Waals surface area contributed by atoms with E-state index in [1.807, 2.05) is 0 Å². The third-order valence-electron chi connectivity index (χ3n) is 2.69. The second-order valence-electron chi connectivity index (χ2n) is 4.14. The zero-order valence-corrected chi connectivity index (χ0v) is 14.1. The van der Waals surface area contributed by atoms with E-state index >= 15 is 0 Å². The molecule has 112 valence electrons. The van der Waals surface area contributed by atoms with Gasteiger partial charge in [-0.1, -0.05) is 11.6 Å². The van der Waals surface area contributed by atoms with Crippen LogP contribution in [-0.2, 0) is 10.0 Å². The lowest BCUT2D eigenvalue weighted by Gasteiger charge is -2.11. The summed E-state index contributed by atoms with van der Waals surface area (Å²) < 4.78 is 32.6. The number of hydrogen-bond acceptors (Lipinski definition) is 4. The molecule has 0 amide bonds. The van der Waals surface area contributed by atoms with Crippen LogP contribution in [0.15, 0.2) is 45.8 Å². The number of halogens is 2. The van der Waals surface area contributed by atoms with E-state index in [2.05, 4.69) is 20.7 Å². The number of ether oxygens (including phenoxy) is 1. The molecule has 0 fully saturated rings. The molecule has 3 N–H and O–H groups in total. The van der Waals surface area contributed by atoms with Gasteiger partial charge in [-0.05, 0) is 46.3 Å². The summed E-state index contributed by atoms with van der Waals surface area (Å²) >= 11 is 9.05. The molecular formula is C13H12BrClN2O3S. The summed E-state index contributed by atoms with van der Waals surface area (Å²) in [5.74, 6) is 0.396. The normalized spacial score (nSPS) is 11.2. The number of nitrogens with two attached hydrogens (primary N) is 1. The summed E-state index contributed by atoms with van der Waals surface area (Å²) in [5, 5.41) is 0.433. The van der Waals surface area contributed by atoms with E-state index in [0.717, 1.165) is 0 Å². The topological polar surface area (TPSA) is 81.4 Å². The van der Waals surface area contributed by atoms with Crippen LogP contribution in [0.1, 0.15) is 0 Å². The molecule has 0 atom stereocenters. The Morgan fingerprint density at radius 2 is 1.95 bits per heavy atom. The van der Waals surface area contributed by atoms with Gasteiger partial charge in [0.25, 0.3) is 10.0 Å². The molecule has 0 aliphatic heterocycles. The molecule has 2 aromatic rings. The summed E-state index contributed by atoms with van der Waals surface area (Å²) in [6.45, 7) is 0. The number of nitrogens with one attached hydrogen (secondary N) is 1. The fourth-order valence-corrected chi connectivity index (χ4v) is 3.36. The van der Waals surface area contributed by atoms with Crippen LogP contribution in [0.3, 0.4) is 0 Å². The lowest BCUT2D eigenvalue weighted by atomic mass is 10.2. The highest BCUT2D eigenvalue weighted by Gasteiger charge is 2.16. The molecule has 8 heteroatoms. The van der Waals surface area contributed by atoms with Gasteiger partial charge in [-0.2, -0.15) is 0 Å². The van der Waals surface area contributed by atoms with Crippen molar-refractivity contribution < 1.29 is 13.2 Å². The Kier molecular flexibility index (Phi) is 4.65. The Morgan fingerprint density at radius 3 is 2.57 bits per heavy atom. The van der Waals surface area contributed by atoms with E-state index in [4.69, 9.17) is 22.1 Å². The molecule has 0 heterocycles. The summed E-state index contributed by atoms with van der Waals surface area (Å²) in [6.07, 6.45) is 0. The van der Waals surface area contributed by atoms with Crippen LogP contribution >= 0.6 is 27.5 Å². The first-order valence-corrected chi connectivity index (χ1v) is 8.40. The summed E-state index contributed by atoms with van der Waals surface area (Å²) in [7, 11) is -2.27. The van der Waals surface area contributed by atoms with Gasteiger partial charge < -0.3 is 10.5 Å². The van der Waals surface area contributed by atoms with Crippen LogP contribution < -0.4 is 15.2 Å². The fraction of sp³-hybridized carbons (Fsp3) is 0.0769. The summed E-state index contributed by atoms with van der Waals surface area (Å²) in [4.78, 5) is 0.0922. The van der Waals surface area contributed by atoms with E-state index in [1.54, 1.807) is 12.1 Å². The molecule has 0 saturated carbocycles. The van der Waals surface area contributed by atoms with Gasteiger partial charge in [-0.3, -0.25) is 4.72 Å². The van der Waals surface area contributed by atoms with Gasteiger partial charge in [-0.15, -0.1) is 0 Å². The van der Waals surface area contributed by atoms with Gasteiger partial charge in [-0.25, -0.2) is 8.42 Å². The van der Waals surface area contributed by atoms with Gasteiger partial charge in [0.2, 0.25) is 0 Å². The SMILES string of the molecule is COc1cc(NS(=O)(=O)c2ccc(Cl)c(Br)c2)ccc1N. The first kappa shape index (κ1) is 15.9. The predicted octanol–water partition coefficient (Wildman–Crippen LogP) is 3.49. The lowest BCUT2D eigenvalue weighted by molar-refractivity contribution is 0.417. The number of hydrogen-bond donors (Lipinski definition) is 2. The van der Waals surface area contributed by atoms with E-state index in [-0.39, 0.29) is 4.90 Å². The number of methoxy groups -OCH3 is 1. The highest BCUT2D eigenvalue weighted by molar-refractivity contribution is 9.10. The van der Waals surface area contributed by atoms with Gasteiger partial charge in [0.05, 0.1) is 28.4 Å². The molecule has 21 heavy (non-hydrogen) atoms. The van der Waals surface area contributed by atoms with Crippen LogP contribution in [0.2, 0.25) is 5.02 Å². The van der Waals surface area contributed by atoms with Crippen molar-refractivity contribution in [1.29, 1.82) is 0 Å². The zero-order chi connectivity index (χ0) is 15.6. The molecular weight excluding hydrogens is 380 g/mol. The number of benzene rings is 2. The van der Waals surface area contributed by atoms with E-state index in [1.165, 1.54) is 31.4 Å². The monoisotopic (exact) mass is 390 g/mol. The maximum atomic E-state index is 12.3. The molecule has 0 aliphatic carbocycles. The van der Waals surface area contributed by atoms with Crippen LogP contribution in [0.4, 0.5) is 11.4 Å². The number of sulfonamides is 1. The van der Waals surface area contributed by atoms with Gasteiger partial charge in [0, 0.05) is 10.5 Å². The van der Waals surface area contributed by atoms with E-state index in [0.29, 0.717) is 26.6 Å². The van der Waals surface area contributed by atoms with Crippen LogP contribution in [0, 0.1) is 0 Å². The van der Waals surface area contributed by atoms with Gasteiger partial charge >= 0.3 is 0 Å². The molecule has 2 rings (SSSR count). The van der Waals surface area contributed by atoms with Gasteiger partial charge in [0.1, 0.15) is 5.75 Å². The molecule has 0 saturated heterocycles. The minimum absolute atomic E-state index is 0.0922.